The molecule has 1 aromatic carbocycles. The number of aryl methyl sites for hydroxylation is 1. The molecule has 0 atom stereocenters. The van der Waals surface area contributed by atoms with Crippen LogP contribution in [0.3, 0.4) is 0 Å². The molecular formula is C13H10BrN3. The third-order valence-electron chi connectivity index (χ3n) is 2.74. The van der Waals surface area contributed by atoms with Gasteiger partial charge in [0.2, 0.25) is 0 Å². The molecule has 3 nitrogen and oxygen atoms in total. The molecule has 0 unspecified atom stereocenters. The third-order valence-corrected chi connectivity index (χ3v) is 3.32. The average Bonchev–Trinajstić information content (AvgIpc) is 2.68. The fourth-order valence-corrected chi connectivity index (χ4v) is 2.45. The standard InChI is InChI=1S/C13H10BrN3/c1-17-13(10(14)8-15-17)12-7-6-9-4-2-3-5-11(9)16-12/h2-8H,1H3. The van der Waals surface area contributed by atoms with Crippen molar-refractivity contribution in [2.75, 3.05) is 0 Å². The van der Waals surface area contributed by atoms with Crippen LogP contribution in [-0.2, 0) is 7.05 Å². The summed E-state index contributed by atoms with van der Waals surface area (Å²) in [6, 6.07) is 12.2. The topological polar surface area (TPSA) is 30.7 Å². The Morgan fingerprint density at radius 1 is 1.12 bits per heavy atom. The van der Waals surface area contributed by atoms with Crippen molar-refractivity contribution in [3.8, 4) is 11.4 Å². The molecule has 0 radical (unpaired) electrons. The number of para-hydroxylation sites is 1. The van der Waals surface area contributed by atoms with Crippen LogP contribution in [0.1, 0.15) is 0 Å². The fraction of sp³-hybridized carbons (Fsp3) is 0.0769. The number of hydrogen-bond donors (Lipinski definition) is 0. The largest absolute Gasteiger partial charge is 0.265 e. The molecule has 3 aromatic rings. The predicted molar refractivity (Wildman–Crippen MR) is 71.6 cm³/mol. The summed E-state index contributed by atoms with van der Waals surface area (Å²) in [5.41, 5.74) is 2.92. The van der Waals surface area contributed by atoms with E-state index >= 15 is 0 Å². The number of aromatic nitrogens is 3. The summed E-state index contributed by atoms with van der Waals surface area (Å²) in [6.07, 6.45) is 1.78. The van der Waals surface area contributed by atoms with Gasteiger partial charge < -0.3 is 0 Å². The zero-order valence-corrected chi connectivity index (χ0v) is 10.8. The van der Waals surface area contributed by atoms with Crippen LogP contribution in [0.2, 0.25) is 0 Å². The van der Waals surface area contributed by atoms with Gasteiger partial charge in [-0.1, -0.05) is 24.3 Å². The van der Waals surface area contributed by atoms with E-state index in [-0.39, 0.29) is 0 Å². The molecule has 84 valence electrons. The van der Waals surface area contributed by atoms with Gasteiger partial charge in [0.05, 0.1) is 21.9 Å². The second-order valence-electron chi connectivity index (χ2n) is 3.85. The summed E-state index contributed by atoms with van der Waals surface area (Å²) in [4.78, 5) is 4.65. The molecule has 0 saturated heterocycles. The quantitative estimate of drug-likeness (QED) is 0.687. The summed E-state index contributed by atoms with van der Waals surface area (Å²) in [5.74, 6) is 0. The lowest BCUT2D eigenvalue weighted by molar-refractivity contribution is 0.773. The van der Waals surface area contributed by atoms with Crippen molar-refractivity contribution < 1.29 is 0 Å². The van der Waals surface area contributed by atoms with Gasteiger partial charge in [0.1, 0.15) is 5.69 Å². The Hall–Kier alpha value is -1.68. The van der Waals surface area contributed by atoms with Crippen molar-refractivity contribution in [2.45, 2.75) is 0 Å². The summed E-state index contributed by atoms with van der Waals surface area (Å²) >= 11 is 3.49. The average molecular weight is 288 g/mol. The first-order chi connectivity index (χ1) is 8.25. The van der Waals surface area contributed by atoms with Crippen LogP contribution in [-0.4, -0.2) is 14.8 Å². The minimum Gasteiger partial charge on any atom is -0.265 e. The molecule has 17 heavy (non-hydrogen) atoms. The van der Waals surface area contributed by atoms with E-state index in [1.54, 1.807) is 6.20 Å². The number of benzene rings is 1. The zero-order valence-electron chi connectivity index (χ0n) is 9.26. The third kappa shape index (κ3) is 1.74. The minimum absolute atomic E-state index is 0.926. The Morgan fingerprint density at radius 2 is 1.94 bits per heavy atom. The summed E-state index contributed by atoms with van der Waals surface area (Å²) in [5, 5.41) is 5.35. The molecular weight excluding hydrogens is 278 g/mol. The van der Waals surface area contributed by atoms with Crippen LogP contribution in [0.5, 0.6) is 0 Å². The van der Waals surface area contributed by atoms with Crippen molar-refractivity contribution >= 4 is 26.8 Å². The van der Waals surface area contributed by atoms with Crippen LogP contribution in [0, 0.1) is 0 Å². The van der Waals surface area contributed by atoms with E-state index in [0.717, 1.165) is 26.8 Å². The molecule has 0 aliphatic carbocycles. The summed E-state index contributed by atoms with van der Waals surface area (Å²) in [6.45, 7) is 0. The van der Waals surface area contributed by atoms with Gasteiger partial charge in [-0.3, -0.25) is 4.68 Å². The van der Waals surface area contributed by atoms with E-state index in [4.69, 9.17) is 0 Å². The molecule has 2 heterocycles. The van der Waals surface area contributed by atoms with Crippen molar-refractivity contribution in [3.05, 3.63) is 47.1 Å². The van der Waals surface area contributed by atoms with Gasteiger partial charge in [0.25, 0.3) is 0 Å². The van der Waals surface area contributed by atoms with Crippen LogP contribution in [0.4, 0.5) is 0 Å². The van der Waals surface area contributed by atoms with E-state index < -0.39 is 0 Å². The first-order valence-corrected chi connectivity index (χ1v) is 6.08. The first-order valence-electron chi connectivity index (χ1n) is 5.29. The maximum atomic E-state index is 4.65. The minimum atomic E-state index is 0.926. The highest BCUT2D eigenvalue weighted by Gasteiger charge is 2.10. The maximum Gasteiger partial charge on any atom is 0.101 e. The van der Waals surface area contributed by atoms with Gasteiger partial charge in [0, 0.05) is 12.4 Å². The van der Waals surface area contributed by atoms with Crippen LogP contribution >= 0.6 is 15.9 Å². The normalized spacial score (nSPS) is 10.9. The molecule has 0 saturated carbocycles. The second-order valence-corrected chi connectivity index (χ2v) is 4.71. The van der Waals surface area contributed by atoms with Crippen LogP contribution in [0.15, 0.2) is 47.1 Å². The highest BCUT2D eigenvalue weighted by atomic mass is 79.9. The lowest BCUT2D eigenvalue weighted by Gasteiger charge is -2.04. The van der Waals surface area contributed by atoms with Crippen LogP contribution in [0.25, 0.3) is 22.3 Å². The number of fused-ring (bicyclic) bond motifs is 1. The molecule has 3 rings (SSSR count). The van der Waals surface area contributed by atoms with Crippen molar-refractivity contribution in [1.29, 1.82) is 0 Å². The number of halogens is 1. The lowest BCUT2D eigenvalue weighted by Crippen LogP contribution is -1.95. The molecule has 0 spiro atoms. The number of pyridine rings is 1. The van der Waals surface area contributed by atoms with Gasteiger partial charge in [-0.2, -0.15) is 5.10 Å². The molecule has 0 aliphatic heterocycles. The molecule has 2 aromatic heterocycles. The molecule has 0 N–H and O–H groups in total. The fourth-order valence-electron chi connectivity index (χ4n) is 1.90. The molecule has 4 heteroatoms. The van der Waals surface area contributed by atoms with Gasteiger partial charge in [-0.05, 0) is 28.1 Å². The SMILES string of the molecule is Cn1ncc(Br)c1-c1ccc2ccccc2n1. The zero-order chi connectivity index (χ0) is 11.8. The Labute approximate surface area is 107 Å². The molecule has 0 aliphatic rings. The van der Waals surface area contributed by atoms with Crippen molar-refractivity contribution in [1.82, 2.24) is 14.8 Å². The lowest BCUT2D eigenvalue weighted by atomic mass is 10.2. The number of nitrogens with zero attached hydrogens (tertiary/aromatic N) is 3. The summed E-state index contributed by atoms with van der Waals surface area (Å²) < 4.78 is 2.78. The van der Waals surface area contributed by atoms with Gasteiger partial charge in [-0.15, -0.1) is 0 Å². The van der Waals surface area contributed by atoms with E-state index in [1.807, 2.05) is 36.0 Å². The van der Waals surface area contributed by atoms with E-state index in [1.165, 1.54) is 0 Å². The highest BCUT2D eigenvalue weighted by molar-refractivity contribution is 9.10. The van der Waals surface area contributed by atoms with Crippen molar-refractivity contribution in [2.24, 2.45) is 7.05 Å². The second kappa shape index (κ2) is 3.96. The van der Waals surface area contributed by atoms with Crippen LogP contribution < -0.4 is 0 Å². The first kappa shape index (κ1) is 10.5. The molecule has 0 fully saturated rings. The van der Waals surface area contributed by atoms with Gasteiger partial charge in [-0.25, -0.2) is 4.98 Å². The monoisotopic (exact) mass is 287 g/mol. The van der Waals surface area contributed by atoms with Gasteiger partial charge >= 0.3 is 0 Å². The van der Waals surface area contributed by atoms with E-state index in [2.05, 4.69) is 38.1 Å². The van der Waals surface area contributed by atoms with E-state index in [0.29, 0.717) is 0 Å². The summed E-state index contributed by atoms with van der Waals surface area (Å²) in [7, 11) is 1.91. The number of hydrogen-bond acceptors (Lipinski definition) is 2. The van der Waals surface area contributed by atoms with E-state index in [9.17, 15) is 0 Å². The highest BCUT2D eigenvalue weighted by Crippen LogP contribution is 2.27. The molecule has 0 amide bonds. The van der Waals surface area contributed by atoms with Crippen molar-refractivity contribution in [3.63, 3.8) is 0 Å². The number of rotatable bonds is 1. The smallest absolute Gasteiger partial charge is 0.101 e. The Morgan fingerprint density at radius 3 is 2.71 bits per heavy atom. The Kier molecular flexibility index (Phi) is 2.44. The van der Waals surface area contributed by atoms with Gasteiger partial charge in [0.15, 0.2) is 0 Å². The Bertz CT molecular complexity index is 668. The maximum absolute atomic E-state index is 4.65. The predicted octanol–water partition coefficient (Wildman–Crippen LogP) is 3.40. The molecule has 0 bridgehead atoms. The Balaban J connectivity index is 2.25.